The van der Waals surface area contributed by atoms with Gasteiger partial charge in [-0.15, -0.1) is 0 Å². The Morgan fingerprint density at radius 1 is 1.08 bits per heavy atom. The first-order valence-electron chi connectivity index (χ1n) is 12.4. The first-order valence-corrected chi connectivity index (χ1v) is 13.7. The molecule has 0 aliphatic carbocycles. The van der Waals surface area contributed by atoms with E-state index in [-0.39, 0.29) is 12.1 Å². The number of hydrogen-bond donors (Lipinski definition) is 4. The highest BCUT2D eigenvalue weighted by molar-refractivity contribution is 7.98. The molecule has 9 nitrogen and oxygen atoms in total. The Balaban J connectivity index is 1.24. The van der Waals surface area contributed by atoms with E-state index >= 15 is 0 Å². The molecule has 3 aromatic rings. The topological polar surface area (TPSA) is 111 Å². The summed E-state index contributed by atoms with van der Waals surface area (Å²) in [6.45, 7) is 3.15. The number of nitrogens with zero attached hydrogens (tertiary/aromatic N) is 2. The quantitative estimate of drug-likeness (QED) is 0.352. The fraction of sp³-hybridized carbons (Fsp3) is 0.423. The van der Waals surface area contributed by atoms with Gasteiger partial charge < -0.3 is 25.8 Å². The van der Waals surface area contributed by atoms with Crippen molar-refractivity contribution in [3.05, 3.63) is 65.1 Å². The lowest BCUT2D eigenvalue weighted by Gasteiger charge is -2.34. The van der Waals surface area contributed by atoms with E-state index < -0.39 is 11.7 Å². The molecule has 1 aliphatic rings. The fourth-order valence-electron chi connectivity index (χ4n) is 4.60. The van der Waals surface area contributed by atoms with Crippen molar-refractivity contribution in [2.75, 3.05) is 43.5 Å². The minimum atomic E-state index is -0.427. The number of para-hydroxylation sites is 3. The molecule has 2 aromatic carbocycles. The summed E-state index contributed by atoms with van der Waals surface area (Å²) in [5, 5.41) is 8.98. The van der Waals surface area contributed by atoms with Gasteiger partial charge in [0.2, 0.25) is 0 Å². The largest absolute Gasteiger partial charge is 0.337 e. The maximum absolute atomic E-state index is 12.7. The summed E-state index contributed by atoms with van der Waals surface area (Å²) in [6.07, 6.45) is 4.88. The van der Waals surface area contributed by atoms with Gasteiger partial charge in [0.05, 0.1) is 11.0 Å². The number of aromatic amines is 1. The second-order valence-corrected chi connectivity index (χ2v) is 10.1. The van der Waals surface area contributed by atoms with Crippen molar-refractivity contribution in [2.45, 2.75) is 25.3 Å². The number of thioether (sulfide) groups is 1. The first kappa shape index (κ1) is 25.8. The predicted molar refractivity (Wildman–Crippen MR) is 146 cm³/mol. The van der Waals surface area contributed by atoms with Crippen molar-refractivity contribution in [2.24, 2.45) is 5.92 Å². The summed E-state index contributed by atoms with van der Waals surface area (Å²) in [7, 11) is 0. The predicted octanol–water partition coefficient (Wildman–Crippen LogP) is 3.54. The third-order valence-corrected chi connectivity index (χ3v) is 7.20. The second-order valence-electron chi connectivity index (χ2n) is 9.16. The van der Waals surface area contributed by atoms with Gasteiger partial charge in [-0.25, -0.2) is 19.0 Å². The van der Waals surface area contributed by atoms with Gasteiger partial charge in [0.1, 0.15) is 0 Å². The number of aromatic nitrogens is 2. The minimum Gasteiger partial charge on any atom is -0.337 e. The van der Waals surface area contributed by atoms with Gasteiger partial charge in [-0.2, -0.15) is 11.8 Å². The highest BCUT2D eigenvalue weighted by atomic mass is 32.2. The average Bonchev–Trinajstić information content (AvgIpc) is 3.23. The molecule has 1 aliphatic heterocycles. The minimum absolute atomic E-state index is 0.0613. The zero-order valence-electron chi connectivity index (χ0n) is 20.5. The third kappa shape index (κ3) is 6.92. The van der Waals surface area contributed by atoms with Crippen LogP contribution in [0.5, 0.6) is 0 Å². The molecular formula is C26H34N6O3S. The Morgan fingerprint density at radius 3 is 2.56 bits per heavy atom. The Kier molecular flexibility index (Phi) is 9.07. The smallest absolute Gasteiger partial charge is 0.334 e. The van der Waals surface area contributed by atoms with E-state index in [1.165, 1.54) is 0 Å². The van der Waals surface area contributed by atoms with Crippen LogP contribution >= 0.6 is 11.8 Å². The summed E-state index contributed by atoms with van der Waals surface area (Å²) in [4.78, 5) is 42.6. The average molecular weight is 511 g/mol. The molecule has 0 bridgehead atoms. The van der Waals surface area contributed by atoms with Crippen molar-refractivity contribution in [3.8, 4) is 0 Å². The monoisotopic (exact) mass is 510 g/mol. The van der Waals surface area contributed by atoms with E-state index in [1.54, 1.807) is 23.9 Å². The number of likely N-dealkylation sites (tertiary alicyclic amines) is 1. The summed E-state index contributed by atoms with van der Waals surface area (Å²) < 4.78 is 1.16. The highest BCUT2D eigenvalue weighted by Gasteiger charge is 2.23. The summed E-state index contributed by atoms with van der Waals surface area (Å²) in [5.41, 5.74) is 1.57. The van der Waals surface area contributed by atoms with Gasteiger partial charge in [-0.3, -0.25) is 0 Å². The van der Waals surface area contributed by atoms with E-state index in [0.717, 1.165) is 54.9 Å². The molecule has 36 heavy (non-hydrogen) atoms. The van der Waals surface area contributed by atoms with Crippen molar-refractivity contribution >= 4 is 40.5 Å². The van der Waals surface area contributed by atoms with Crippen LogP contribution in [0.1, 0.15) is 19.3 Å². The maximum Gasteiger partial charge on any atom is 0.334 e. The molecule has 1 saturated heterocycles. The van der Waals surface area contributed by atoms with Gasteiger partial charge in [0, 0.05) is 24.8 Å². The molecule has 1 unspecified atom stereocenters. The van der Waals surface area contributed by atoms with Crippen LogP contribution in [0, 0.1) is 5.92 Å². The van der Waals surface area contributed by atoms with Crippen LogP contribution in [0.15, 0.2) is 59.4 Å². The lowest BCUT2D eigenvalue weighted by molar-refractivity contribution is 0.166. The molecule has 1 atom stereocenters. The molecule has 192 valence electrons. The molecule has 2 heterocycles. The van der Waals surface area contributed by atoms with Crippen LogP contribution in [0.4, 0.5) is 15.3 Å². The van der Waals surface area contributed by atoms with Crippen LogP contribution < -0.4 is 21.6 Å². The molecule has 0 saturated carbocycles. The number of fused-ring (bicyclic) bond motifs is 1. The molecule has 0 spiro atoms. The molecule has 0 radical (unpaired) electrons. The number of rotatable bonds is 9. The van der Waals surface area contributed by atoms with Gasteiger partial charge in [0.15, 0.2) is 0 Å². The Labute approximate surface area is 215 Å². The second kappa shape index (κ2) is 12.6. The van der Waals surface area contributed by atoms with Gasteiger partial charge in [-0.05, 0) is 74.5 Å². The number of imidazole rings is 1. The van der Waals surface area contributed by atoms with E-state index in [2.05, 4.69) is 32.1 Å². The summed E-state index contributed by atoms with van der Waals surface area (Å²) in [5.74, 6) is 1.33. The van der Waals surface area contributed by atoms with Gasteiger partial charge in [-0.1, -0.05) is 30.3 Å². The maximum atomic E-state index is 12.7. The standard InChI is InChI=1S/C26H34N6O3S/c1-36-16-13-21(29-24(33)28-20-7-3-2-4-8-20)18-31-14-11-19(12-15-31)17-27-25(34)32-23-10-6-5-9-22(23)30-26(32)35/h2-10,19,21H,11-18H2,1H3,(H,27,34)(H,30,35)(H2,28,29,33). The van der Waals surface area contributed by atoms with E-state index in [0.29, 0.717) is 23.5 Å². The molecule has 10 heteroatoms. The number of nitrogens with one attached hydrogen (secondary N) is 4. The lowest BCUT2D eigenvalue weighted by Crippen LogP contribution is -2.48. The van der Waals surface area contributed by atoms with Crippen LogP contribution in [0.2, 0.25) is 0 Å². The number of carbonyl (C=O) groups excluding carboxylic acids is 2. The normalized spacial score (nSPS) is 15.5. The molecule has 4 N–H and O–H groups in total. The van der Waals surface area contributed by atoms with Crippen molar-refractivity contribution < 1.29 is 9.59 Å². The van der Waals surface area contributed by atoms with Crippen molar-refractivity contribution in [3.63, 3.8) is 0 Å². The van der Waals surface area contributed by atoms with Gasteiger partial charge >= 0.3 is 17.8 Å². The SMILES string of the molecule is CSCCC(CN1CCC(CNC(=O)n2c(=O)[nH]c3ccccc32)CC1)NC(=O)Nc1ccccc1. The van der Waals surface area contributed by atoms with Crippen molar-refractivity contribution in [1.29, 1.82) is 0 Å². The zero-order valence-corrected chi connectivity index (χ0v) is 21.4. The summed E-state index contributed by atoms with van der Waals surface area (Å²) >= 11 is 1.78. The molecule has 1 fully saturated rings. The number of amides is 3. The number of piperidine rings is 1. The molecular weight excluding hydrogens is 476 g/mol. The molecule has 4 rings (SSSR count). The fourth-order valence-corrected chi connectivity index (χ4v) is 5.12. The summed E-state index contributed by atoms with van der Waals surface area (Å²) in [6, 6.07) is 16.1. The Hall–Kier alpha value is -3.24. The van der Waals surface area contributed by atoms with Crippen LogP contribution in [-0.2, 0) is 0 Å². The lowest BCUT2D eigenvalue weighted by atomic mass is 9.96. The number of anilines is 1. The zero-order chi connectivity index (χ0) is 25.3. The Morgan fingerprint density at radius 2 is 1.81 bits per heavy atom. The van der Waals surface area contributed by atoms with E-state index in [4.69, 9.17) is 0 Å². The first-order chi connectivity index (χ1) is 17.5. The molecule has 1 aromatic heterocycles. The van der Waals surface area contributed by atoms with E-state index in [1.807, 2.05) is 42.5 Å². The number of carbonyl (C=O) groups is 2. The van der Waals surface area contributed by atoms with Crippen LogP contribution in [-0.4, -0.2) is 70.7 Å². The highest BCUT2D eigenvalue weighted by Crippen LogP contribution is 2.18. The third-order valence-electron chi connectivity index (χ3n) is 6.56. The number of hydrogen-bond acceptors (Lipinski definition) is 5. The van der Waals surface area contributed by atoms with E-state index in [9.17, 15) is 14.4 Å². The molecule has 3 amide bonds. The van der Waals surface area contributed by atoms with Crippen molar-refractivity contribution in [1.82, 2.24) is 25.1 Å². The van der Waals surface area contributed by atoms with Gasteiger partial charge in [0.25, 0.3) is 0 Å². The van der Waals surface area contributed by atoms with Crippen LogP contribution in [0.25, 0.3) is 11.0 Å². The Bertz CT molecular complexity index is 1200. The number of urea groups is 1. The number of benzene rings is 2. The number of H-pyrrole nitrogens is 1. The van der Waals surface area contributed by atoms with Crippen LogP contribution in [0.3, 0.4) is 0 Å².